The molecule has 0 saturated carbocycles. The van der Waals surface area contributed by atoms with Crippen LogP contribution in [0.4, 0.5) is 0 Å². The lowest BCUT2D eigenvalue weighted by molar-refractivity contribution is 0.100. The minimum absolute atomic E-state index is 0.151. The molecule has 0 amide bonds. The third kappa shape index (κ3) is 4.01. The van der Waals surface area contributed by atoms with Gasteiger partial charge in [0.05, 0.1) is 0 Å². The summed E-state index contributed by atoms with van der Waals surface area (Å²) in [6.07, 6.45) is 0.399. The maximum atomic E-state index is 13.0. The molecule has 2 heteroatoms. The molecule has 0 aromatic heterocycles. The van der Waals surface area contributed by atoms with Gasteiger partial charge in [0.25, 0.3) is 0 Å². The first kappa shape index (κ1) is 19.2. The summed E-state index contributed by atoms with van der Waals surface area (Å²) >= 11 is 0. The molecule has 0 aliphatic rings. The van der Waals surface area contributed by atoms with Crippen LogP contribution in [0.2, 0.25) is 0 Å². The SMILES string of the molecule is O=C(CC=P(c1ccccc1)(c1ccccc1)c1ccccc1)c1ccccc1. The Morgan fingerprint density at radius 3 is 1.28 bits per heavy atom. The fourth-order valence-corrected chi connectivity index (χ4v) is 7.61. The van der Waals surface area contributed by atoms with Crippen molar-refractivity contribution in [2.45, 2.75) is 6.42 Å². The molecule has 0 aliphatic heterocycles. The Kier molecular flexibility index (Phi) is 5.89. The van der Waals surface area contributed by atoms with E-state index in [0.29, 0.717) is 6.42 Å². The van der Waals surface area contributed by atoms with Gasteiger partial charge in [-0.3, -0.25) is 4.79 Å². The lowest BCUT2D eigenvalue weighted by Crippen LogP contribution is -2.27. The minimum Gasteiger partial charge on any atom is -0.294 e. The van der Waals surface area contributed by atoms with Crippen molar-refractivity contribution in [1.82, 2.24) is 0 Å². The van der Waals surface area contributed by atoms with Gasteiger partial charge in [-0.25, -0.2) is 0 Å². The quantitative estimate of drug-likeness (QED) is 0.330. The van der Waals surface area contributed by atoms with Gasteiger partial charge in [-0.2, -0.15) is 0 Å². The molecule has 4 aromatic carbocycles. The van der Waals surface area contributed by atoms with Gasteiger partial charge in [0.2, 0.25) is 0 Å². The number of hydrogen-bond donors (Lipinski definition) is 0. The monoisotopic (exact) mass is 394 g/mol. The van der Waals surface area contributed by atoms with Crippen molar-refractivity contribution in [2.75, 3.05) is 0 Å². The number of rotatable bonds is 6. The number of Topliss-reactive ketones (excluding diaryl/α,β-unsaturated/α-hetero) is 1. The van der Waals surface area contributed by atoms with Crippen molar-refractivity contribution >= 4 is 34.4 Å². The molecule has 0 radical (unpaired) electrons. The minimum atomic E-state index is -2.07. The van der Waals surface area contributed by atoms with E-state index in [1.54, 1.807) is 0 Å². The highest BCUT2D eigenvalue weighted by molar-refractivity contribution is 7.94. The number of carbonyl (C=O) groups is 1. The van der Waals surface area contributed by atoms with Crippen LogP contribution in [0.25, 0.3) is 0 Å². The number of carbonyl (C=O) groups excluding carboxylic acids is 1. The van der Waals surface area contributed by atoms with Crippen LogP contribution >= 0.6 is 6.89 Å². The van der Waals surface area contributed by atoms with Crippen LogP contribution in [0.15, 0.2) is 121 Å². The molecule has 0 bridgehead atoms. The first-order chi connectivity index (χ1) is 14.3. The van der Waals surface area contributed by atoms with Gasteiger partial charge >= 0.3 is 0 Å². The van der Waals surface area contributed by atoms with Gasteiger partial charge < -0.3 is 0 Å². The number of benzene rings is 4. The van der Waals surface area contributed by atoms with Crippen LogP contribution in [0.1, 0.15) is 16.8 Å². The van der Waals surface area contributed by atoms with E-state index in [-0.39, 0.29) is 5.78 Å². The summed E-state index contributed by atoms with van der Waals surface area (Å²) in [5, 5.41) is 3.79. The van der Waals surface area contributed by atoms with Gasteiger partial charge in [0.1, 0.15) is 0 Å². The van der Waals surface area contributed by atoms with Crippen molar-refractivity contribution < 1.29 is 4.79 Å². The molecule has 29 heavy (non-hydrogen) atoms. The van der Waals surface area contributed by atoms with E-state index >= 15 is 0 Å². The molecule has 0 spiro atoms. The van der Waals surface area contributed by atoms with Crippen LogP contribution in [0.5, 0.6) is 0 Å². The first-order valence-corrected chi connectivity index (χ1v) is 11.6. The van der Waals surface area contributed by atoms with Crippen molar-refractivity contribution in [3.05, 3.63) is 127 Å². The molecule has 0 heterocycles. The summed E-state index contributed by atoms with van der Waals surface area (Å²) in [5.41, 5.74) is 0.760. The largest absolute Gasteiger partial charge is 0.294 e. The highest BCUT2D eigenvalue weighted by atomic mass is 31.2. The molecular formula is C27H23OP. The summed E-state index contributed by atoms with van der Waals surface area (Å²) in [6, 6.07) is 41.4. The van der Waals surface area contributed by atoms with Gasteiger partial charge in [-0.05, 0) is 22.8 Å². The first-order valence-electron chi connectivity index (χ1n) is 9.79. The molecule has 0 fully saturated rings. The zero-order chi connectivity index (χ0) is 19.9. The van der Waals surface area contributed by atoms with Crippen molar-refractivity contribution in [1.29, 1.82) is 0 Å². The Hall–Kier alpha value is -3.15. The van der Waals surface area contributed by atoms with E-state index in [9.17, 15) is 4.79 Å². The smallest absolute Gasteiger partial charge is 0.166 e. The van der Waals surface area contributed by atoms with E-state index in [2.05, 4.69) is 78.6 Å². The van der Waals surface area contributed by atoms with Gasteiger partial charge in [0, 0.05) is 12.0 Å². The van der Waals surface area contributed by atoms with Crippen LogP contribution in [0.3, 0.4) is 0 Å². The van der Waals surface area contributed by atoms with Crippen LogP contribution in [0, 0.1) is 0 Å². The summed E-state index contributed by atoms with van der Waals surface area (Å²) < 4.78 is 0. The number of ketones is 1. The lowest BCUT2D eigenvalue weighted by Gasteiger charge is -2.28. The van der Waals surface area contributed by atoms with Gasteiger partial charge in [0.15, 0.2) is 5.78 Å². The third-order valence-corrected chi connectivity index (χ3v) is 9.21. The summed E-state index contributed by atoms with van der Waals surface area (Å²) in [4.78, 5) is 13.0. The molecular weight excluding hydrogens is 371 g/mol. The van der Waals surface area contributed by atoms with Gasteiger partial charge in [-0.1, -0.05) is 127 Å². The van der Waals surface area contributed by atoms with Crippen molar-refractivity contribution in [3.63, 3.8) is 0 Å². The zero-order valence-corrected chi connectivity index (χ0v) is 17.1. The van der Waals surface area contributed by atoms with Crippen LogP contribution in [-0.4, -0.2) is 11.6 Å². The third-order valence-electron chi connectivity index (χ3n) is 5.14. The fraction of sp³-hybridized carbons (Fsp3) is 0.0370. The second kappa shape index (κ2) is 8.90. The molecule has 0 N–H and O–H groups in total. The maximum absolute atomic E-state index is 13.0. The number of hydrogen-bond acceptors (Lipinski definition) is 1. The van der Waals surface area contributed by atoms with E-state index in [4.69, 9.17) is 0 Å². The molecule has 0 atom stereocenters. The molecule has 0 saturated heterocycles. The Labute approximate surface area is 172 Å². The Bertz CT molecular complexity index is 1010. The molecule has 4 aromatic rings. The van der Waals surface area contributed by atoms with Crippen molar-refractivity contribution in [3.8, 4) is 0 Å². The van der Waals surface area contributed by atoms with Crippen LogP contribution in [-0.2, 0) is 0 Å². The predicted octanol–water partition coefficient (Wildman–Crippen LogP) is 5.06. The van der Waals surface area contributed by atoms with Crippen LogP contribution < -0.4 is 15.9 Å². The van der Waals surface area contributed by atoms with E-state index < -0.39 is 6.89 Å². The van der Waals surface area contributed by atoms with E-state index in [0.717, 1.165) is 5.56 Å². The molecule has 142 valence electrons. The van der Waals surface area contributed by atoms with Crippen molar-refractivity contribution in [2.24, 2.45) is 0 Å². The molecule has 1 nitrogen and oxygen atoms in total. The Morgan fingerprint density at radius 1 is 0.552 bits per heavy atom. The predicted molar refractivity (Wildman–Crippen MR) is 127 cm³/mol. The maximum Gasteiger partial charge on any atom is 0.166 e. The van der Waals surface area contributed by atoms with Gasteiger partial charge in [-0.15, -0.1) is 0 Å². The Morgan fingerprint density at radius 2 is 0.897 bits per heavy atom. The second-order valence-electron chi connectivity index (χ2n) is 6.91. The average molecular weight is 394 g/mol. The molecule has 0 unspecified atom stereocenters. The standard InChI is InChI=1S/C27H23OP/c28-27(23-13-5-1-6-14-23)21-22-29(24-15-7-2-8-16-24,25-17-9-3-10-18-25)26-19-11-4-12-20-26/h1-20,22H,21H2. The average Bonchev–Trinajstić information content (AvgIpc) is 2.82. The summed E-state index contributed by atoms with van der Waals surface area (Å²) in [5.74, 6) is 2.43. The molecule has 4 rings (SSSR count). The topological polar surface area (TPSA) is 17.1 Å². The Balaban J connectivity index is 1.94. The summed E-state index contributed by atoms with van der Waals surface area (Å²) in [7, 11) is 0. The fourth-order valence-electron chi connectivity index (χ4n) is 3.71. The highest BCUT2D eigenvalue weighted by Gasteiger charge is 2.25. The van der Waals surface area contributed by atoms with E-state index in [1.165, 1.54) is 15.9 Å². The highest BCUT2D eigenvalue weighted by Crippen LogP contribution is 2.43. The lowest BCUT2D eigenvalue weighted by atomic mass is 10.1. The normalized spacial score (nSPS) is 11.0. The van der Waals surface area contributed by atoms with E-state index in [1.807, 2.05) is 48.5 Å². The zero-order valence-electron chi connectivity index (χ0n) is 16.2. The summed E-state index contributed by atoms with van der Waals surface area (Å²) in [6.45, 7) is -2.07. The second-order valence-corrected chi connectivity index (χ2v) is 10.3. The molecule has 0 aliphatic carbocycles.